The van der Waals surface area contributed by atoms with Gasteiger partial charge in [0, 0.05) is 29.9 Å². The van der Waals surface area contributed by atoms with Crippen LogP contribution < -0.4 is 5.32 Å². The van der Waals surface area contributed by atoms with E-state index in [1.165, 1.54) is 5.69 Å². The molecule has 92 valence electrons. The van der Waals surface area contributed by atoms with Crippen LogP contribution in [0.4, 0.5) is 0 Å². The smallest absolute Gasteiger partial charge is 0.0898 e. The minimum absolute atomic E-state index is 0.514. The van der Waals surface area contributed by atoms with E-state index in [-0.39, 0.29) is 0 Å². The van der Waals surface area contributed by atoms with E-state index in [1.807, 2.05) is 6.92 Å². The zero-order valence-electron chi connectivity index (χ0n) is 10.6. The molecular weight excluding hydrogens is 230 g/mol. The maximum absolute atomic E-state index is 4.50. The number of aryl methyl sites for hydroxylation is 1. The number of rotatable bonds is 5. The summed E-state index contributed by atoms with van der Waals surface area (Å²) in [6.45, 7) is 8.15. The van der Waals surface area contributed by atoms with Gasteiger partial charge in [-0.2, -0.15) is 0 Å². The minimum Gasteiger partial charge on any atom is -0.344 e. The van der Waals surface area contributed by atoms with Crippen LogP contribution in [0.25, 0.3) is 0 Å². The molecule has 4 heteroatoms. The Kier molecular flexibility index (Phi) is 3.97. The van der Waals surface area contributed by atoms with Crippen molar-refractivity contribution in [2.75, 3.05) is 0 Å². The first-order chi connectivity index (χ1) is 8.15. The normalized spacial score (nSPS) is 11.3. The molecule has 0 radical (unpaired) electrons. The zero-order valence-corrected chi connectivity index (χ0v) is 11.4. The topological polar surface area (TPSA) is 29.9 Å². The van der Waals surface area contributed by atoms with Crippen molar-refractivity contribution in [3.63, 3.8) is 0 Å². The van der Waals surface area contributed by atoms with Crippen LogP contribution in [0.3, 0.4) is 0 Å². The molecule has 0 fully saturated rings. The highest BCUT2D eigenvalue weighted by Gasteiger charge is 2.04. The first-order valence-corrected chi connectivity index (χ1v) is 6.81. The largest absolute Gasteiger partial charge is 0.344 e. The van der Waals surface area contributed by atoms with Crippen LogP contribution in [0.2, 0.25) is 0 Å². The molecule has 1 N–H and O–H groups in total. The molecule has 0 amide bonds. The van der Waals surface area contributed by atoms with Crippen molar-refractivity contribution in [2.45, 2.75) is 39.9 Å². The van der Waals surface area contributed by atoms with E-state index in [0.29, 0.717) is 6.04 Å². The Labute approximate surface area is 107 Å². The summed E-state index contributed by atoms with van der Waals surface area (Å²) in [5, 5.41) is 6.71. The van der Waals surface area contributed by atoms with Gasteiger partial charge in [0.25, 0.3) is 0 Å². The minimum atomic E-state index is 0.514. The predicted octanol–water partition coefficient (Wildman–Crippen LogP) is 2.80. The van der Waals surface area contributed by atoms with Crippen LogP contribution in [-0.2, 0) is 13.1 Å². The number of nitrogens with one attached hydrogen (secondary N) is 1. The van der Waals surface area contributed by atoms with Crippen molar-refractivity contribution in [3.8, 4) is 0 Å². The second-order valence-corrected chi connectivity index (χ2v) is 5.58. The fourth-order valence-corrected chi connectivity index (χ4v) is 2.33. The van der Waals surface area contributed by atoms with Gasteiger partial charge in [0.15, 0.2) is 0 Å². The molecule has 2 rings (SSSR count). The highest BCUT2D eigenvalue weighted by molar-refractivity contribution is 7.09. The van der Waals surface area contributed by atoms with Crippen LogP contribution >= 0.6 is 11.3 Å². The molecule has 0 unspecified atom stereocenters. The van der Waals surface area contributed by atoms with Crippen molar-refractivity contribution in [1.29, 1.82) is 0 Å². The molecule has 0 saturated carbocycles. The maximum atomic E-state index is 4.50. The van der Waals surface area contributed by atoms with E-state index >= 15 is 0 Å². The second kappa shape index (κ2) is 5.47. The molecule has 2 aromatic rings. The van der Waals surface area contributed by atoms with Crippen LogP contribution in [-0.4, -0.2) is 15.6 Å². The molecule has 17 heavy (non-hydrogen) atoms. The van der Waals surface area contributed by atoms with Gasteiger partial charge >= 0.3 is 0 Å². The summed E-state index contributed by atoms with van der Waals surface area (Å²) >= 11 is 1.71. The summed E-state index contributed by atoms with van der Waals surface area (Å²) in [5.74, 6) is 0. The molecule has 0 aliphatic heterocycles. The molecule has 0 atom stereocenters. The Balaban J connectivity index is 2.03. The Morgan fingerprint density at radius 1 is 1.47 bits per heavy atom. The lowest BCUT2D eigenvalue weighted by Gasteiger charge is -2.11. The summed E-state index contributed by atoms with van der Waals surface area (Å²) in [4.78, 5) is 4.50. The predicted molar refractivity (Wildman–Crippen MR) is 72.4 cm³/mol. The SMILES string of the molecule is Cc1nc(Cn2cccc2CNC(C)C)cs1. The van der Waals surface area contributed by atoms with Crippen molar-refractivity contribution < 1.29 is 0 Å². The number of nitrogens with zero attached hydrogens (tertiary/aromatic N) is 2. The summed E-state index contributed by atoms with van der Waals surface area (Å²) in [5.41, 5.74) is 2.46. The van der Waals surface area contributed by atoms with E-state index in [9.17, 15) is 0 Å². The summed E-state index contributed by atoms with van der Waals surface area (Å²) in [6, 6.07) is 4.77. The molecule has 0 aliphatic carbocycles. The molecule has 0 bridgehead atoms. The highest BCUT2D eigenvalue weighted by atomic mass is 32.1. The quantitative estimate of drug-likeness (QED) is 0.883. The Morgan fingerprint density at radius 3 is 2.94 bits per heavy atom. The lowest BCUT2D eigenvalue weighted by atomic mass is 10.3. The van der Waals surface area contributed by atoms with Gasteiger partial charge in [-0.15, -0.1) is 11.3 Å². The third-order valence-corrected chi connectivity index (χ3v) is 3.44. The van der Waals surface area contributed by atoms with Crippen LogP contribution in [0.1, 0.15) is 30.2 Å². The summed E-state index contributed by atoms with van der Waals surface area (Å²) < 4.78 is 2.25. The first-order valence-electron chi connectivity index (χ1n) is 5.93. The Hall–Kier alpha value is -1.13. The number of thiazole rings is 1. The van der Waals surface area contributed by atoms with E-state index in [1.54, 1.807) is 11.3 Å². The van der Waals surface area contributed by atoms with Crippen LogP contribution in [0.15, 0.2) is 23.7 Å². The standard InChI is InChI=1S/C13H19N3S/c1-10(2)14-7-13-5-4-6-16(13)8-12-9-17-11(3)15-12/h4-6,9-10,14H,7-8H2,1-3H3. The van der Waals surface area contributed by atoms with Gasteiger partial charge in [0.1, 0.15) is 0 Å². The molecule has 2 aromatic heterocycles. The van der Waals surface area contributed by atoms with Crippen LogP contribution in [0, 0.1) is 6.92 Å². The van der Waals surface area contributed by atoms with Crippen molar-refractivity contribution >= 4 is 11.3 Å². The van der Waals surface area contributed by atoms with Gasteiger partial charge in [-0.1, -0.05) is 13.8 Å². The van der Waals surface area contributed by atoms with Gasteiger partial charge in [0.2, 0.25) is 0 Å². The zero-order chi connectivity index (χ0) is 12.3. The van der Waals surface area contributed by atoms with Crippen molar-refractivity contribution in [1.82, 2.24) is 14.9 Å². The van der Waals surface area contributed by atoms with Crippen molar-refractivity contribution in [3.05, 3.63) is 40.1 Å². The lowest BCUT2D eigenvalue weighted by Crippen LogP contribution is -2.23. The lowest BCUT2D eigenvalue weighted by molar-refractivity contribution is 0.563. The molecule has 3 nitrogen and oxygen atoms in total. The number of hydrogen-bond donors (Lipinski definition) is 1. The molecule has 0 spiro atoms. The fraction of sp³-hybridized carbons (Fsp3) is 0.462. The second-order valence-electron chi connectivity index (χ2n) is 4.52. The van der Waals surface area contributed by atoms with E-state index in [0.717, 1.165) is 23.8 Å². The summed E-state index contributed by atoms with van der Waals surface area (Å²) in [6.07, 6.45) is 2.12. The molecule has 0 saturated heterocycles. The van der Waals surface area contributed by atoms with Gasteiger partial charge in [-0.25, -0.2) is 4.98 Å². The average Bonchev–Trinajstić information content (AvgIpc) is 2.86. The Bertz CT molecular complexity index is 470. The monoisotopic (exact) mass is 249 g/mol. The third kappa shape index (κ3) is 3.41. The first kappa shape index (κ1) is 12.3. The van der Waals surface area contributed by atoms with Gasteiger partial charge < -0.3 is 9.88 Å². The maximum Gasteiger partial charge on any atom is 0.0898 e. The van der Waals surface area contributed by atoms with E-state index in [4.69, 9.17) is 0 Å². The van der Waals surface area contributed by atoms with Gasteiger partial charge in [0.05, 0.1) is 17.2 Å². The fourth-order valence-electron chi connectivity index (χ4n) is 1.73. The number of hydrogen-bond acceptors (Lipinski definition) is 3. The van der Waals surface area contributed by atoms with Crippen LogP contribution in [0.5, 0.6) is 0 Å². The molecule has 2 heterocycles. The summed E-state index contributed by atoms with van der Waals surface area (Å²) in [7, 11) is 0. The third-order valence-electron chi connectivity index (χ3n) is 2.61. The van der Waals surface area contributed by atoms with Gasteiger partial charge in [-0.05, 0) is 19.1 Å². The van der Waals surface area contributed by atoms with E-state index < -0.39 is 0 Å². The molecular formula is C13H19N3S. The van der Waals surface area contributed by atoms with Crippen molar-refractivity contribution in [2.24, 2.45) is 0 Å². The Morgan fingerprint density at radius 2 is 2.29 bits per heavy atom. The van der Waals surface area contributed by atoms with E-state index in [2.05, 4.69) is 52.4 Å². The average molecular weight is 249 g/mol. The highest BCUT2D eigenvalue weighted by Crippen LogP contribution is 2.11. The van der Waals surface area contributed by atoms with Gasteiger partial charge in [-0.3, -0.25) is 0 Å². The molecule has 0 aliphatic rings. The molecule has 0 aromatic carbocycles. The number of aromatic nitrogens is 2.